The number of benzene rings is 2. The standard InChI is InChI=1S/C22H29N3O4S/c1-5-25(6-2)30(28,29)21-13-9-19(10-14-21)16(3)23-22(27)15-18-7-11-20(12-8-18)24-17(4)26/h7-14,16H,5-6,15H2,1-4H3,(H,23,27)(H,24,26)/t16-/m1/s1. The van der Waals surface area contributed by atoms with Crippen molar-refractivity contribution < 1.29 is 18.0 Å². The van der Waals surface area contributed by atoms with Gasteiger partial charge in [-0.15, -0.1) is 0 Å². The molecule has 2 aromatic carbocycles. The Morgan fingerprint density at radius 2 is 1.53 bits per heavy atom. The van der Waals surface area contributed by atoms with Crippen LogP contribution in [-0.2, 0) is 26.0 Å². The van der Waals surface area contributed by atoms with E-state index in [1.807, 2.05) is 6.92 Å². The van der Waals surface area contributed by atoms with Gasteiger partial charge >= 0.3 is 0 Å². The van der Waals surface area contributed by atoms with E-state index in [2.05, 4.69) is 10.6 Å². The molecule has 0 saturated heterocycles. The summed E-state index contributed by atoms with van der Waals surface area (Å²) in [6.45, 7) is 7.73. The summed E-state index contributed by atoms with van der Waals surface area (Å²) in [5, 5.41) is 5.61. The molecule has 0 unspecified atom stereocenters. The van der Waals surface area contributed by atoms with Crippen molar-refractivity contribution in [2.75, 3.05) is 18.4 Å². The minimum Gasteiger partial charge on any atom is -0.349 e. The molecule has 1 atom stereocenters. The van der Waals surface area contributed by atoms with Crippen molar-refractivity contribution >= 4 is 27.5 Å². The van der Waals surface area contributed by atoms with Crippen LogP contribution in [0.4, 0.5) is 5.69 Å². The Hall–Kier alpha value is -2.71. The molecule has 0 aliphatic heterocycles. The van der Waals surface area contributed by atoms with Crippen LogP contribution in [-0.4, -0.2) is 37.6 Å². The normalized spacial score (nSPS) is 12.4. The molecule has 162 valence electrons. The molecule has 2 aromatic rings. The first-order valence-electron chi connectivity index (χ1n) is 9.93. The van der Waals surface area contributed by atoms with Gasteiger partial charge in [-0.3, -0.25) is 9.59 Å². The number of rotatable bonds is 9. The van der Waals surface area contributed by atoms with Crippen LogP contribution < -0.4 is 10.6 Å². The maximum absolute atomic E-state index is 12.6. The van der Waals surface area contributed by atoms with Gasteiger partial charge < -0.3 is 10.6 Å². The van der Waals surface area contributed by atoms with E-state index >= 15 is 0 Å². The molecule has 0 saturated carbocycles. The average Bonchev–Trinajstić information content (AvgIpc) is 2.70. The fraction of sp³-hybridized carbons (Fsp3) is 0.364. The first-order valence-corrected chi connectivity index (χ1v) is 11.4. The van der Waals surface area contributed by atoms with Gasteiger partial charge in [-0.2, -0.15) is 4.31 Å². The van der Waals surface area contributed by atoms with Crippen molar-refractivity contribution in [1.29, 1.82) is 0 Å². The second kappa shape index (κ2) is 10.4. The average molecular weight is 432 g/mol. The number of nitrogens with zero attached hydrogens (tertiary/aromatic N) is 1. The molecule has 7 nitrogen and oxygen atoms in total. The van der Waals surface area contributed by atoms with E-state index in [0.717, 1.165) is 11.1 Å². The van der Waals surface area contributed by atoms with Crippen LogP contribution in [0.3, 0.4) is 0 Å². The SMILES string of the molecule is CCN(CC)S(=O)(=O)c1ccc([C@@H](C)NC(=O)Cc2ccc(NC(C)=O)cc2)cc1. The maximum Gasteiger partial charge on any atom is 0.243 e. The number of carbonyl (C=O) groups excluding carboxylic acids is 2. The summed E-state index contributed by atoms with van der Waals surface area (Å²) >= 11 is 0. The van der Waals surface area contributed by atoms with Crippen LogP contribution in [0, 0.1) is 0 Å². The lowest BCUT2D eigenvalue weighted by molar-refractivity contribution is -0.121. The Kier molecular flexibility index (Phi) is 8.14. The fourth-order valence-electron chi connectivity index (χ4n) is 3.11. The number of carbonyl (C=O) groups is 2. The van der Waals surface area contributed by atoms with E-state index in [9.17, 15) is 18.0 Å². The number of hydrogen-bond donors (Lipinski definition) is 2. The minimum absolute atomic E-state index is 0.144. The predicted molar refractivity (Wildman–Crippen MR) is 118 cm³/mol. The van der Waals surface area contributed by atoms with Gasteiger partial charge in [-0.1, -0.05) is 38.1 Å². The lowest BCUT2D eigenvalue weighted by atomic mass is 10.1. The molecule has 2 rings (SSSR count). The van der Waals surface area contributed by atoms with E-state index in [0.29, 0.717) is 18.8 Å². The highest BCUT2D eigenvalue weighted by Gasteiger charge is 2.21. The number of hydrogen-bond acceptors (Lipinski definition) is 4. The molecular formula is C22H29N3O4S. The highest BCUT2D eigenvalue weighted by atomic mass is 32.2. The molecule has 0 aliphatic rings. The molecular weight excluding hydrogens is 402 g/mol. The molecule has 2 N–H and O–H groups in total. The van der Waals surface area contributed by atoms with Crippen molar-refractivity contribution in [3.63, 3.8) is 0 Å². The molecule has 0 heterocycles. The summed E-state index contributed by atoms with van der Waals surface area (Å²) in [7, 11) is -3.50. The minimum atomic E-state index is -3.50. The van der Waals surface area contributed by atoms with Gasteiger partial charge in [0.15, 0.2) is 0 Å². The molecule has 0 bridgehead atoms. The van der Waals surface area contributed by atoms with Crippen LogP contribution >= 0.6 is 0 Å². The smallest absolute Gasteiger partial charge is 0.243 e. The van der Waals surface area contributed by atoms with Gasteiger partial charge in [-0.25, -0.2) is 8.42 Å². The molecule has 0 aromatic heterocycles. The number of sulfonamides is 1. The van der Waals surface area contributed by atoms with E-state index in [4.69, 9.17) is 0 Å². The monoisotopic (exact) mass is 431 g/mol. The van der Waals surface area contributed by atoms with Gasteiger partial charge in [0, 0.05) is 25.7 Å². The third kappa shape index (κ3) is 6.14. The lowest BCUT2D eigenvalue weighted by Crippen LogP contribution is -2.30. The van der Waals surface area contributed by atoms with Gasteiger partial charge in [0.2, 0.25) is 21.8 Å². The Morgan fingerprint density at radius 1 is 0.967 bits per heavy atom. The highest BCUT2D eigenvalue weighted by Crippen LogP contribution is 2.19. The van der Waals surface area contributed by atoms with Crippen LogP contribution in [0.5, 0.6) is 0 Å². The first kappa shape index (κ1) is 23.6. The molecule has 0 radical (unpaired) electrons. The van der Waals surface area contributed by atoms with Crippen molar-refractivity contribution in [2.45, 2.75) is 45.1 Å². The molecule has 2 amide bonds. The second-order valence-corrected chi connectivity index (χ2v) is 8.94. The fourth-order valence-corrected chi connectivity index (χ4v) is 4.57. The molecule has 0 fully saturated rings. The van der Waals surface area contributed by atoms with E-state index in [-0.39, 0.29) is 29.2 Å². The van der Waals surface area contributed by atoms with Crippen molar-refractivity contribution in [3.8, 4) is 0 Å². The zero-order valence-corrected chi connectivity index (χ0v) is 18.6. The van der Waals surface area contributed by atoms with Crippen molar-refractivity contribution in [2.24, 2.45) is 0 Å². The van der Waals surface area contributed by atoms with E-state index < -0.39 is 10.0 Å². The Bertz CT molecular complexity index is 966. The van der Waals surface area contributed by atoms with Crippen LogP contribution in [0.1, 0.15) is 44.9 Å². The topological polar surface area (TPSA) is 95.6 Å². The summed E-state index contributed by atoms with van der Waals surface area (Å²) < 4.78 is 26.6. The third-order valence-corrected chi connectivity index (χ3v) is 6.80. The Labute approximate surface area is 178 Å². The summed E-state index contributed by atoms with van der Waals surface area (Å²) in [6.07, 6.45) is 0.207. The highest BCUT2D eigenvalue weighted by molar-refractivity contribution is 7.89. The molecule has 30 heavy (non-hydrogen) atoms. The van der Waals surface area contributed by atoms with Crippen LogP contribution in [0.2, 0.25) is 0 Å². The maximum atomic E-state index is 12.6. The number of anilines is 1. The molecule has 0 aliphatic carbocycles. The van der Waals surface area contributed by atoms with Gasteiger partial charge in [0.05, 0.1) is 17.4 Å². The Morgan fingerprint density at radius 3 is 2.03 bits per heavy atom. The quantitative estimate of drug-likeness (QED) is 0.638. The lowest BCUT2D eigenvalue weighted by Gasteiger charge is -2.19. The zero-order valence-electron chi connectivity index (χ0n) is 17.8. The van der Waals surface area contributed by atoms with Crippen molar-refractivity contribution in [3.05, 3.63) is 59.7 Å². The number of amides is 2. The van der Waals surface area contributed by atoms with E-state index in [1.54, 1.807) is 62.4 Å². The summed E-state index contributed by atoms with van der Waals surface area (Å²) in [4.78, 5) is 23.7. The summed E-state index contributed by atoms with van der Waals surface area (Å²) in [5.74, 6) is -0.292. The van der Waals surface area contributed by atoms with Gasteiger partial charge in [0.25, 0.3) is 0 Å². The second-order valence-electron chi connectivity index (χ2n) is 7.00. The Balaban J connectivity index is 1.99. The van der Waals surface area contributed by atoms with Crippen LogP contribution in [0.15, 0.2) is 53.4 Å². The largest absolute Gasteiger partial charge is 0.349 e. The molecule has 0 spiro atoms. The first-order chi connectivity index (χ1) is 14.2. The van der Waals surface area contributed by atoms with Crippen LogP contribution in [0.25, 0.3) is 0 Å². The van der Waals surface area contributed by atoms with Gasteiger partial charge in [0.1, 0.15) is 0 Å². The van der Waals surface area contributed by atoms with E-state index in [1.165, 1.54) is 11.2 Å². The molecule has 8 heteroatoms. The third-order valence-electron chi connectivity index (χ3n) is 4.74. The van der Waals surface area contributed by atoms with Crippen molar-refractivity contribution in [1.82, 2.24) is 9.62 Å². The number of nitrogens with one attached hydrogen (secondary N) is 2. The zero-order chi connectivity index (χ0) is 22.3. The summed E-state index contributed by atoms with van der Waals surface area (Å²) in [5.41, 5.74) is 2.33. The van der Waals surface area contributed by atoms with Gasteiger partial charge in [-0.05, 0) is 42.3 Å². The summed E-state index contributed by atoms with van der Waals surface area (Å²) in [6, 6.07) is 13.4. The predicted octanol–water partition coefficient (Wildman–Crippen LogP) is 3.10.